The maximum atomic E-state index is 12.4. The normalized spacial score (nSPS) is 16.9. The Kier molecular flexibility index (Phi) is 5.34. The van der Waals surface area contributed by atoms with E-state index in [0.29, 0.717) is 24.8 Å². The Morgan fingerprint density at radius 2 is 2.08 bits per heavy atom. The average Bonchev–Trinajstić information content (AvgIpc) is 3.23. The zero-order valence-corrected chi connectivity index (χ0v) is 14.1. The molecule has 0 bridgehead atoms. The predicted octanol–water partition coefficient (Wildman–Crippen LogP) is 2.76. The van der Waals surface area contributed by atoms with Crippen LogP contribution in [0, 0.1) is 0 Å². The molecule has 0 saturated carbocycles. The van der Waals surface area contributed by atoms with Crippen molar-refractivity contribution in [1.82, 2.24) is 15.6 Å². The fourth-order valence-electron chi connectivity index (χ4n) is 2.58. The molecule has 0 fully saturated rings. The third-order valence-corrected chi connectivity index (χ3v) is 3.85. The Labute approximate surface area is 148 Å². The molecule has 26 heavy (non-hydrogen) atoms. The summed E-state index contributed by atoms with van der Waals surface area (Å²) < 4.78 is 47.6. The van der Waals surface area contributed by atoms with Crippen molar-refractivity contribution in [2.24, 2.45) is 4.99 Å². The summed E-state index contributed by atoms with van der Waals surface area (Å²) in [5.74, 6) is 1.64. The zero-order valence-electron chi connectivity index (χ0n) is 14.1. The largest absolute Gasteiger partial charge is 0.497 e. The molecule has 0 spiro atoms. The quantitative estimate of drug-likeness (QED) is 0.820. The van der Waals surface area contributed by atoms with Crippen LogP contribution in [-0.4, -0.2) is 43.4 Å². The van der Waals surface area contributed by atoms with E-state index in [2.05, 4.69) is 20.6 Å². The van der Waals surface area contributed by atoms with E-state index >= 15 is 0 Å². The summed E-state index contributed by atoms with van der Waals surface area (Å²) in [6, 6.07) is 6.64. The van der Waals surface area contributed by atoms with Gasteiger partial charge in [-0.2, -0.15) is 13.2 Å². The first-order valence-electron chi connectivity index (χ1n) is 8.13. The Hall–Kier alpha value is -2.71. The number of aromatic nitrogens is 1. The summed E-state index contributed by atoms with van der Waals surface area (Å²) in [6.07, 6.45) is -2.96. The number of nitrogens with zero attached hydrogens (tertiary/aromatic N) is 2. The summed E-state index contributed by atoms with van der Waals surface area (Å²) >= 11 is 0. The number of guanidine groups is 1. The summed E-state index contributed by atoms with van der Waals surface area (Å²) in [6.45, 7) is 0.604. The molecule has 1 unspecified atom stereocenters. The van der Waals surface area contributed by atoms with E-state index in [1.165, 1.54) is 0 Å². The smallest absolute Gasteiger partial charge is 0.391 e. The highest BCUT2D eigenvalue weighted by atomic mass is 19.4. The molecule has 0 saturated heterocycles. The molecule has 2 heterocycles. The lowest BCUT2D eigenvalue weighted by Gasteiger charge is -2.14. The first-order chi connectivity index (χ1) is 12.4. The van der Waals surface area contributed by atoms with Gasteiger partial charge in [0.15, 0.2) is 5.96 Å². The van der Waals surface area contributed by atoms with Gasteiger partial charge in [-0.05, 0) is 24.3 Å². The molecule has 140 valence electrons. The second kappa shape index (κ2) is 7.67. The van der Waals surface area contributed by atoms with Crippen LogP contribution in [0.25, 0.3) is 11.5 Å². The number of nitrogens with one attached hydrogen (secondary N) is 2. The van der Waals surface area contributed by atoms with Gasteiger partial charge in [-0.3, -0.25) is 4.99 Å². The van der Waals surface area contributed by atoms with Gasteiger partial charge in [-0.25, -0.2) is 4.98 Å². The Balaban J connectivity index is 1.45. The number of hydrogen-bond donors (Lipinski definition) is 2. The van der Waals surface area contributed by atoms with Crippen LogP contribution in [0.1, 0.15) is 12.1 Å². The highest BCUT2D eigenvalue weighted by Gasteiger charge is 2.33. The van der Waals surface area contributed by atoms with E-state index in [0.717, 1.165) is 17.0 Å². The molecular weight excluding hydrogens is 349 g/mol. The van der Waals surface area contributed by atoms with Crippen molar-refractivity contribution in [3.8, 4) is 17.2 Å². The van der Waals surface area contributed by atoms with Gasteiger partial charge in [0.2, 0.25) is 5.89 Å². The van der Waals surface area contributed by atoms with Crippen LogP contribution >= 0.6 is 0 Å². The maximum absolute atomic E-state index is 12.4. The minimum absolute atomic E-state index is 0.118. The van der Waals surface area contributed by atoms with Crippen molar-refractivity contribution in [1.29, 1.82) is 0 Å². The monoisotopic (exact) mass is 368 g/mol. The average molecular weight is 368 g/mol. The van der Waals surface area contributed by atoms with Gasteiger partial charge < -0.3 is 19.8 Å². The maximum Gasteiger partial charge on any atom is 0.391 e. The lowest BCUT2D eigenvalue weighted by atomic mass is 10.2. The topological polar surface area (TPSA) is 71.7 Å². The van der Waals surface area contributed by atoms with Crippen molar-refractivity contribution in [2.45, 2.75) is 25.1 Å². The molecule has 1 aromatic heterocycles. The van der Waals surface area contributed by atoms with Gasteiger partial charge in [-0.1, -0.05) is 0 Å². The number of rotatable bonds is 6. The lowest BCUT2D eigenvalue weighted by Crippen LogP contribution is -2.41. The minimum atomic E-state index is -4.19. The van der Waals surface area contributed by atoms with Gasteiger partial charge in [0, 0.05) is 18.5 Å². The molecule has 0 amide bonds. The van der Waals surface area contributed by atoms with E-state index in [4.69, 9.17) is 9.15 Å². The minimum Gasteiger partial charge on any atom is -0.497 e. The number of ether oxygens (including phenoxy) is 1. The third kappa shape index (κ3) is 4.90. The Bertz CT molecular complexity index is 756. The van der Waals surface area contributed by atoms with E-state index in [9.17, 15) is 13.2 Å². The summed E-state index contributed by atoms with van der Waals surface area (Å²) in [5, 5.41) is 5.72. The first kappa shape index (κ1) is 18.1. The van der Waals surface area contributed by atoms with Crippen LogP contribution in [0.3, 0.4) is 0 Å². The first-order valence-corrected chi connectivity index (χ1v) is 8.13. The second-order valence-electron chi connectivity index (χ2n) is 5.90. The molecule has 1 atom stereocenters. The Morgan fingerprint density at radius 3 is 2.77 bits per heavy atom. The fourth-order valence-corrected chi connectivity index (χ4v) is 2.58. The van der Waals surface area contributed by atoms with Gasteiger partial charge in [0.25, 0.3) is 0 Å². The van der Waals surface area contributed by atoms with E-state index < -0.39 is 18.6 Å². The molecule has 1 aliphatic heterocycles. The number of alkyl halides is 3. The molecule has 2 N–H and O–H groups in total. The number of halogens is 3. The predicted molar refractivity (Wildman–Crippen MR) is 90.1 cm³/mol. The van der Waals surface area contributed by atoms with Crippen LogP contribution in [-0.2, 0) is 6.42 Å². The van der Waals surface area contributed by atoms with E-state index in [1.54, 1.807) is 13.4 Å². The van der Waals surface area contributed by atoms with Crippen LogP contribution in [0.5, 0.6) is 5.75 Å². The van der Waals surface area contributed by atoms with Crippen LogP contribution in [0.15, 0.2) is 39.9 Å². The van der Waals surface area contributed by atoms with Crippen molar-refractivity contribution >= 4 is 5.96 Å². The standard InChI is InChI=1S/C17H19F3N4O2/c1-25-14-4-2-11(3-5-14)15-23-12(10-26-15)6-7-21-16-22-9-13(24-16)8-17(18,19)20/h2-5,10,13H,6-9H2,1H3,(H2,21,22,24). The third-order valence-electron chi connectivity index (χ3n) is 3.85. The molecule has 6 nitrogen and oxygen atoms in total. The Morgan fingerprint density at radius 1 is 1.31 bits per heavy atom. The van der Waals surface area contributed by atoms with Crippen LogP contribution < -0.4 is 15.4 Å². The SMILES string of the molecule is COc1ccc(-c2nc(CCNC3=NCC(CC(F)(F)F)N3)co2)cc1. The van der Waals surface area contributed by atoms with Gasteiger partial charge >= 0.3 is 6.18 Å². The second-order valence-corrected chi connectivity index (χ2v) is 5.90. The van der Waals surface area contributed by atoms with Gasteiger partial charge in [-0.15, -0.1) is 0 Å². The highest BCUT2D eigenvalue weighted by molar-refractivity contribution is 5.81. The molecule has 1 aromatic carbocycles. The molecule has 1 aliphatic rings. The van der Waals surface area contributed by atoms with Crippen molar-refractivity contribution in [2.75, 3.05) is 20.2 Å². The number of methoxy groups -OCH3 is 1. The van der Waals surface area contributed by atoms with E-state index in [-0.39, 0.29) is 6.54 Å². The molecule has 9 heteroatoms. The molecule has 0 radical (unpaired) electrons. The van der Waals surface area contributed by atoms with Gasteiger partial charge in [0.05, 0.1) is 31.8 Å². The van der Waals surface area contributed by atoms with E-state index in [1.807, 2.05) is 24.3 Å². The number of benzene rings is 1. The van der Waals surface area contributed by atoms with Crippen molar-refractivity contribution in [3.63, 3.8) is 0 Å². The van der Waals surface area contributed by atoms with Crippen LogP contribution in [0.2, 0.25) is 0 Å². The molecule has 3 rings (SSSR count). The van der Waals surface area contributed by atoms with Gasteiger partial charge in [0.1, 0.15) is 12.0 Å². The molecule has 2 aromatic rings. The number of aliphatic imine (C=N–C) groups is 1. The highest BCUT2D eigenvalue weighted by Crippen LogP contribution is 2.23. The summed E-state index contributed by atoms with van der Waals surface area (Å²) in [7, 11) is 1.60. The van der Waals surface area contributed by atoms with Crippen molar-refractivity contribution in [3.05, 3.63) is 36.2 Å². The van der Waals surface area contributed by atoms with Crippen molar-refractivity contribution < 1.29 is 22.3 Å². The number of oxazole rings is 1. The van der Waals surface area contributed by atoms with Crippen LogP contribution in [0.4, 0.5) is 13.2 Å². The molecule has 0 aliphatic carbocycles. The summed E-state index contributed by atoms with van der Waals surface area (Å²) in [5.41, 5.74) is 1.58. The zero-order chi connectivity index (χ0) is 18.6. The molecular formula is C17H19F3N4O2. The lowest BCUT2D eigenvalue weighted by molar-refractivity contribution is -0.138. The fraction of sp³-hybridized carbons (Fsp3) is 0.412. The summed E-state index contributed by atoms with van der Waals surface area (Å²) in [4.78, 5) is 8.45. The number of hydrogen-bond acceptors (Lipinski definition) is 6.